The number of methoxy groups -OCH3 is 1. The van der Waals surface area contributed by atoms with Crippen molar-refractivity contribution in [2.75, 3.05) is 17.3 Å². The van der Waals surface area contributed by atoms with Crippen LogP contribution in [0.3, 0.4) is 0 Å². The molecule has 0 fully saturated rings. The summed E-state index contributed by atoms with van der Waals surface area (Å²) < 4.78 is 11.0. The van der Waals surface area contributed by atoms with Crippen LogP contribution in [0.15, 0.2) is 72.4 Å². The molecule has 0 spiro atoms. The van der Waals surface area contributed by atoms with Crippen LogP contribution in [0.5, 0.6) is 11.5 Å². The Bertz CT molecular complexity index is 1260. The van der Waals surface area contributed by atoms with E-state index in [1.54, 1.807) is 49.6 Å². The van der Waals surface area contributed by atoms with E-state index in [9.17, 15) is 9.59 Å². The van der Waals surface area contributed by atoms with Gasteiger partial charge in [-0.2, -0.15) is 0 Å². The summed E-state index contributed by atoms with van der Waals surface area (Å²) in [6.45, 7) is 7.86. The first-order valence-corrected chi connectivity index (χ1v) is 11.2. The van der Waals surface area contributed by atoms with Crippen LogP contribution in [0.2, 0.25) is 0 Å². The van der Waals surface area contributed by atoms with E-state index in [0.717, 1.165) is 11.1 Å². The zero-order valence-electron chi connectivity index (χ0n) is 20.0. The number of hydrogen-bond donors (Lipinski definition) is 1. The molecule has 6 nitrogen and oxygen atoms in total. The SMILES string of the molecule is COc1ccc(NC2=C(c3ccc(OC(C)C)cc3)C(=O)N(c3ccc(C)c(C)c3)C2=O)cc1. The molecule has 1 aliphatic heterocycles. The van der Waals surface area contributed by atoms with Gasteiger partial charge in [-0.15, -0.1) is 0 Å². The highest BCUT2D eigenvalue weighted by molar-refractivity contribution is 6.46. The van der Waals surface area contributed by atoms with Crippen LogP contribution in [0.1, 0.15) is 30.5 Å². The summed E-state index contributed by atoms with van der Waals surface area (Å²) in [6, 6.07) is 20.0. The van der Waals surface area contributed by atoms with Gasteiger partial charge in [0.05, 0.1) is 24.5 Å². The number of benzene rings is 3. The number of rotatable bonds is 7. The first kappa shape index (κ1) is 23.1. The molecule has 3 aromatic rings. The van der Waals surface area contributed by atoms with Crippen LogP contribution in [0.25, 0.3) is 5.57 Å². The second kappa shape index (κ2) is 9.43. The van der Waals surface area contributed by atoms with E-state index in [2.05, 4.69) is 5.32 Å². The minimum absolute atomic E-state index is 0.0346. The molecule has 0 unspecified atom stereocenters. The lowest BCUT2D eigenvalue weighted by atomic mass is 10.0. The molecule has 0 bridgehead atoms. The third-order valence-corrected chi connectivity index (χ3v) is 5.71. The second-order valence-electron chi connectivity index (χ2n) is 8.51. The van der Waals surface area contributed by atoms with Crippen LogP contribution in [-0.2, 0) is 9.59 Å². The van der Waals surface area contributed by atoms with E-state index in [0.29, 0.717) is 34.0 Å². The number of anilines is 2. The van der Waals surface area contributed by atoms with Gasteiger partial charge in [0.15, 0.2) is 0 Å². The van der Waals surface area contributed by atoms with Gasteiger partial charge in [-0.3, -0.25) is 9.59 Å². The van der Waals surface area contributed by atoms with E-state index in [-0.39, 0.29) is 17.7 Å². The zero-order valence-corrected chi connectivity index (χ0v) is 20.0. The van der Waals surface area contributed by atoms with E-state index in [4.69, 9.17) is 9.47 Å². The molecule has 0 atom stereocenters. The van der Waals surface area contributed by atoms with Crippen molar-refractivity contribution in [2.24, 2.45) is 0 Å². The Kier molecular flexibility index (Phi) is 6.41. The monoisotopic (exact) mass is 456 g/mol. The average Bonchev–Trinajstić information content (AvgIpc) is 3.06. The number of ether oxygens (including phenoxy) is 2. The van der Waals surface area contributed by atoms with Crippen LogP contribution in [0.4, 0.5) is 11.4 Å². The summed E-state index contributed by atoms with van der Waals surface area (Å²) in [5.41, 5.74) is 4.50. The van der Waals surface area contributed by atoms with Crippen molar-refractivity contribution in [3.63, 3.8) is 0 Å². The minimum Gasteiger partial charge on any atom is -0.497 e. The third-order valence-electron chi connectivity index (χ3n) is 5.71. The lowest BCUT2D eigenvalue weighted by molar-refractivity contribution is -0.120. The molecule has 0 aromatic heterocycles. The number of nitrogens with zero attached hydrogens (tertiary/aromatic N) is 1. The number of amides is 2. The molecule has 1 aliphatic rings. The molecule has 1 N–H and O–H groups in total. The fourth-order valence-corrected chi connectivity index (χ4v) is 3.80. The first-order valence-electron chi connectivity index (χ1n) is 11.2. The quantitative estimate of drug-likeness (QED) is 0.476. The summed E-state index contributed by atoms with van der Waals surface area (Å²) in [4.78, 5) is 28.4. The normalized spacial score (nSPS) is 13.6. The highest BCUT2D eigenvalue weighted by atomic mass is 16.5. The number of nitrogens with one attached hydrogen (secondary N) is 1. The minimum atomic E-state index is -0.401. The number of carbonyl (C=O) groups excluding carboxylic acids is 2. The van der Waals surface area contributed by atoms with Gasteiger partial charge in [0.1, 0.15) is 17.2 Å². The summed E-state index contributed by atoms with van der Waals surface area (Å²) in [7, 11) is 1.59. The zero-order chi connectivity index (χ0) is 24.4. The number of aryl methyl sites for hydroxylation is 2. The molecule has 3 aromatic carbocycles. The summed E-state index contributed by atoms with van der Waals surface area (Å²) in [6.07, 6.45) is 0.0346. The van der Waals surface area contributed by atoms with Crippen molar-refractivity contribution < 1.29 is 19.1 Å². The first-order chi connectivity index (χ1) is 16.3. The molecule has 0 saturated carbocycles. The van der Waals surface area contributed by atoms with Crippen LogP contribution >= 0.6 is 0 Å². The molecule has 4 rings (SSSR count). The fraction of sp³-hybridized carbons (Fsp3) is 0.214. The smallest absolute Gasteiger partial charge is 0.282 e. The predicted octanol–water partition coefficient (Wildman–Crippen LogP) is 5.50. The van der Waals surface area contributed by atoms with Crippen molar-refractivity contribution in [1.82, 2.24) is 0 Å². The van der Waals surface area contributed by atoms with E-state index >= 15 is 0 Å². The molecule has 2 amide bonds. The van der Waals surface area contributed by atoms with Crippen molar-refractivity contribution >= 4 is 28.8 Å². The maximum Gasteiger partial charge on any atom is 0.282 e. The topological polar surface area (TPSA) is 67.9 Å². The van der Waals surface area contributed by atoms with Crippen LogP contribution in [-0.4, -0.2) is 25.0 Å². The molecule has 174 valence electrons. The van der Waals surface area contributed by atoms with Gasteiger partial charge in [-0.25, -0.2) is 4.90 Å². The number of hydrogen-bond acceptors (Lipinski definition) is 5. The maximum atomic E-state index is 13.6. The van der Waals surface area contributed by atoms with Gasteiger partial charge < -0.3 is 14.8 Å². The Morgan fingerprint density at radius 2 is 1.44 bits per heavy atom. The van der Waals surface area contributed by atoms with Gasteiger partial charge in [-0.1, -0.05) is 18.2 Å². The molecule has 0 saturated heterocycles. The molecular weight excluding hydrogens is 428 g/mol. The van der Waals surface area contributed by atoms with Crippen LogP contribution in [0, 0.1) is 13.8 Å². The van der Waals surface area contributed by atoms with Gasteiger partial charge in [0, 0.05) is 5.69 Å². The molecular formula is C28H28N2O4. The van der Waals surface area contributed by atoms with Crippen LogP contribution < -0.4 is 19.7 Å². The Balaban J connectivity index is 1.77. The molecule has 34 heavy (non-hydrogen) atoms. The number of carbonyl (C=O) groups is 2. The lowest BCUT2D eigenvalue weighted by Gasteiger charge is -2.17. The Morgan fingerprint density at radius 3 is 2.03 bits per heavy atom. The second-order valence-corrected chi connectivity index (χ2v) is 8.51. The van der Waals surface area contributed by atoms with Crippen molar-refractivity contribution in [1.29, 1.82) is 0 Å². The van der Waals surface area contributed by atoms with Gasteiger partial charge in [0.2, 0.25) is 0 Å². The van der Waals surface area contributed by atoms with Gasteiger partial charge >= 0.3 is 0 Å². The summed E-state index contributed by atoms with van der Waals surface area (Å²) in [5.74, 6) is 0.626. The van der Waals surface area contributed by atoms with Gasteiger partial charge in [0.25, 0.3) is 11.8 Å². The standard InChI is InChI=1S/C28H28N2O4/c1-17(2)34-24-12-7-20(8-13-24)25-26(29-21-9-14-23(33-5)15-10-21)28(32)30(27(25)31)22-11-6-18(3)19(4)16-22/h6-17,29H,1-5H3. The Morgan fingerprint density at radius 1 is 0.794 bits per heavy atom. The predicted molar refractivity (Wildman–Crippen MR) is 134 cm³/mol. The maximum absolute atomic E-state index is 13.6. The fourth-order valence-electron chi connectivity index (χ4n) is 3.80. The molecule has 0 radical (unpaired) electrons. The van der Waals surface area contributed by atoms with Crippen molar-refractivity contribution in [3.05, 3.63) is 89.1 Å². The van der Waals surface area contributed by atoms with E-state index in [1.165, 1.54) is 4.90 Å². The average molecular weight is 457 g/mol. The van der Waals surface area contributed by atoms with Crippen molar-refractivity contribution in [3.8, 4) is 11.5 Å². The lowest BCUT2D eigenvalue weighted by Crippen LogP contribution is -2.32. The highest BCUT2D eigenvalue weighted by Gasteiger charge is 2.40. The molecule has 6 heteroatoms. The summed E-state index contributed by atoms with van der Waals surface area (Å²) in [5, 5.41) is 3.17. The van der Waals surface area contributed by atoms with E-state index < -0.39 is 5.91 Å². The summed E-state index contributed by atoms with van der Waals surface area (Å²) >= 11 is 0. The van der Waals surface area contributed by atoms with Crippen molar-refractivity contribution in [2.45, 2.75) is 33.8 Å². The highest BCUT2D eigenvalue weighted by Crippen LogP contribution is 2.35. The largest absolute Gasteiger partial charge is 0.497 e. The van der Waals surface area contributed by atoms with E-state index in [1.807, 2.05) is 52.0 Å². The number of imide groups is 1. The Hall–Kier alpha value is -4.06. The Labute approximate surface area is 199 Å². The molecule has 0 aliphatic carbocycles. The third kappa shape index (κ3) is 4.53. The van der Waals surface area contributed by atoms with Gasteiger partial charge in [-0.05, 0) is 92.9 Å². The molecule has 1 heterocycles.